The summed E-state index contributed by atoms with van der Waals surface area (Å²) in [6.07, 6.45) is 2.03. The van der Waals surface area contributed by atoms with Crippen LogP contribution >= 0.6 is 0 Å². The second kappa shape index (κ2) is 3.75. The van der Waals surface area contributed by atoms with Crippen molar-refractivity contribution in [3.63, 3.8) is 0 Å². The van der Waals surface area contributed by atoms with Gasteiger partial charge in [-0.3, -0.25) is 0 Å². The summed E-state index contributed by atoms with van der Waals surface area (Å²) in [5, 5.41) is 3.29. The standard InChI is InChI=1S/C10H14N2O/c1-8-6-11-7-9(8)13-10-4-2-3-5-12-10/h2-5,8-9,11H,6-7H2,1H3. The molecule has 0 radical (unpaired) electrons. The van der Waals surface area contributed by atoms with E-state index in [2.05, 4.69) is 17.2 Å². The lowest BCUT2D eigenvalue weighted by atomic mass is 10.1. The van der Waals surface area contributed by atoms with Crippen LogP contribution in [-0.2, 0) is 0 Å². The summed E-state index contributed by atoms with van der Waals surface area (Å²) in [5.74, 6) is 1.30. The first-order chi connectivity index (χ1) is 6.36. The van der Waals surface area contributed by atoms with Crippen LogP contribution in [0.3, 0.4) is 0 Å². The Morgan fingerprint density at radius 3 is 3.00 bits per heavy atom. The quantitative estimate of drug-likeness (QED) is 0.735. The molecule has 2 heterocycles. The Labute approximate surface area is 78.1 Å². The average Bonchev–Trinajstić information content (AvgIpc) is 2.54. The predicted octanol–water partition coefficient (Wildman–Crippen LogP) is 1.07. The maximum atomic E-state index is 5.71. The first-order valence-corrected chi connectivity index (χ1v) is 4.64. The predicted molar refractivity (Wildman–Crippen MR) is 50.7 cm³/mol. The molecule has 3 nitrogen and oxygen atoms in total. The van der Waals surface area contributed by atoms with Crippen LogP contribution in [0.1, 0.15) is 6.92 Å². The van der Waals surface area contributed by atoms with Gasteiger partial charge in [0.05, 0.1) is 0 Å². The van der Waals surface area contributed by atoms with Gasteiger partial charge in [0, 0.05) is 31.3 Å². The molecule has 1 aromatic heterocycles. The number of hydrogen-bond donors (Lipinski definition) is 1. The van der Waals surface area contributed by atoms with Crippen LogP contribution in [0.5, 0.6) is 5.88 Å². The molecular formula is C10H14N2O. The normalized spacial score (nSPS) is 27.5. The van der Waals surface area contributed by atoms with Crippen LogP contribution in [0.2, 0.25) is 0 Å². The zero-order valence-electron chi connectivity index (χ0n) is 7.73. The summed E-state index contributed by atoms with van der Waals surface area (Å²) < 4.78 is 5.71. The minimum absolute atomic E-state index is 0.273. The van der Waals surface area contributed by atoms with Gasteiger partial charge < -0.3 is 10.1 Å². The molecule has 13 heavy (non-hydrogen) atoms. The molecule has 0 aromatic carbocycles. The van der Waals surface area contributed by atoms with Crippen molar-refractivity contribution in [1.29, 1.82) is 0 Å². The van der Waals surface area contributed by atoms with Crippen LogP contribution in [0.25, 0.3) is 0 Å². The molecule has 2 atom stereocenters. The molecule has 2 rings (SSSR count). The molecule has 2 unspecified atom stereocenters. The maximum absolute atomic E-state index is 5.71. The fourth-order valence-corrected chi connectivity index (χ4v) is 1.52. The van der Waals surface area contributed by atoms with E-state index < -0.39 is 0 Å². The fourth-order valence-electron chi connectivity index (χ4n) is 1.52. The van der Waals surface area contributed by atoms with Crippen molar-refractivity contribution in [1.82, 2.24) is 10.3 Å². The van der Waals surface area contributed by atoms with E-state index in [-0.39, 0.29) is 6.10 Å². The first kappa shape index (κ1) is 8.51. The first-order valence-electron chi connectivity index (χ1n) is 4.64. The summed E-state index contributed by atoms with van der Waals surface area (Å²) in [6.45, 7) is 4.16. The molecule has 1 aliphatic heterocycles. The fraction of sp³-hybridized carbons (Fsp3) is 0.500. The van der Waals surface area contributed by atoms with E-state index in [0.29, 0.717) is 5.92 Å². The van der Waals surface area contributed by atoms with Crippen LogP contribution in [0, 0.1) is 5.92 Å². The Morgan fingerprint density at radius 1 is 1.46 bits per heavy atom. The number of aromatic nitrogens is 1. The molecule has 70 valence electrons. The van der Waals surface area contributed by atoms with Crippen LogP contribution in [-0.4, -0.2) is 24.2 Å². The van der Waals surface area contributed by atoms with Gasteiger partial charge >= 0.3 is 0 Å². The Balaban J connectivity index is 1.98. The molecule has 1 fully saturated rings. The number of hydrogen-bond acceptors (Lipinski definition) is 3. The van der Waals surface area contributed by atoms with E-state index in [1.165, 1.54) is 0 Å². The lowest BCUT2D eigenvalue weighted by Crippen LogP contribution is -2.24. The highest BCUT2D eigenvalue weighted by atomic mass is 16.5. The van der Waals surface area contributed by atoms with Crippen LogP contribution in [0.15, 0.2) is 24.4 Å². The zero-order chi connectivity index (χ0) is 9.10. The van der Waals surface area contributed by atoms with E-state index in [1.54, 1.807) is 6.20 Å². The Morgan fingerprint density at radius 2 is 2.38 bits per heavy atom. The molecule has 1 aliphatic rings. The summed E-state index contributed by atoms with van der Waals surface area (Å²) in [7, 11) is 0. The Hall–Kier alpha value is -1.09. The summed E-state index contributed by atoms with van der Waals surface area (Å²) in [6, 6.07) is 5.73. The minimum Gasteiger partial charge on any atom is -0.473 e. The van der Waals surface area contributed by atoms with Gasteiger partial charge in [0.15, 0.2) is 0 Å². The number of nitrogens with one attached hydrogen (secondary N) is 1. The summed E-state index contributed by atoms with van der Waals surface area (Å²) in [4.78, 5) is 4.13. The van der Waals surface area contributed by atoms with E-state index in [1.807, 2.05) is 18.2 Å². The van der Waals surface area contributed by atoms with Crippen molar-refractivity contribution in [2.24, 2.45) is 5.92 Å². The zero-order valence-corrected chi connectivity index (χ0v) is 7.73. The highest BCUT2D eigenvalue weighted by Crippen LogP contribution is 2.15. The molecule has 0 aliphatic carbocycles. The molecule has 0 amide bonds. The maximum Gasteiger partial charge on any atom is 0.213 e. The average molecular weight is 178 g/mol. The van der Waals surface area contributed by atoms with Crippen molar-refractivity contribution >= 4 is 0 Å². The highest BCUT2D eigenvalue weighted by molar-refractivity contribution is 5.10. The minimum atomic E-state index is 0.273. The SMILES string of the molecule is CC1CNCC1Oc1ccccn1. The topological polar surface area (TPSA) is 34.1 Å². The van der Waals surface area contributed by atoms with Crippen molar-refractivity contribution < 1.29 is 4.74 Å². The van der Waals surface area contributed by atoms with Gasteiger partial charge in [-0.15, -0.1) is 0 Å². The lowest BCUT2D eigenvalue weighted by molar-refractivity contribution is 0.175. The molecule has 1 aromatic rings. The molecule has 1 saturated heterocycles. The van der Waals surface area contributed by atoms with Crippen LogP contribution < -0.4 is 10.1 Å². The van der Waals surface area contributed by atoms with Gasteiger partial charge in [-0.25, -0.2) is 4.98 Å². The Kier molecular flexibility index (Phi) is 2.45. The van der Waals surface area contributed by atoms with Gasteiger partial charge in [-0.05, 0) is 6.07 Å². The van der Waals surface area contributed by atoms with Crippen molar-refractivity contribution in [2.45, 2.75) is 13.0 Å². The molecule has 0 bridgehead atoms. The van der Waals surface area contributed by atoms with E-state index >= 15 is 0 Å². The second-order valence-corrected chi connectivity index (χ2v) is 3.46. The van der Waals surface area contributed by atoms with Gasteiger partial charge in [0.2, 0.25) is 5.88 Å². The van der Waals surface area contributed by atoms with Gasteiger partial charge in [0.1, 0.15) is 6.10 Å². The van der Waals surface area contributed by atoms with E-state index in [9.17, 15) is 0 Å². The smallest absolute Gasteiger partial charge is 0.213 e. The molecule has 0 saturated carbocycles. The van der Waals surface area contributed by atoms with Crippen molar-refractivity contribution in [3.05, 3.63) is 24.4 Å². The number of nitrogens with zero attached hydrogens (tertiary/aromatic N) is 1. The number of pyridine rings is 1. The van der Waals surface area contributed by atoms with Gasteiger partial charge in [-0.2, -0.15) is 0 Å². The van der Waals surface area contributed by atoms with Gasteiger partial charge in [0.25, 0.3) is 0 Å². The second-order valence-electron chi connectivity index (χ2n) is 3.46. The summed E-state index contributed by atoms with van der Waals surface area (Å²) >= 11 is 0. The molecule has 1 N–H and O–H groups in total. The van der Waals surface area contributed by atoms with E-state index in [4.69, 9.17) is 4.74 Å². The third kappa shape index (κ3) is 1.98. The number of rotatable bonds is 2. The van der Waals surface area contributed by atoms with Crippen molar-refractivity contribution in [2.75, 3.05) is 13.1 Å². The summed E-state index contributed by atoms with van der Waals surface area (Å²) in [5.41, 5.74) is 0. The molecule has 0 spiro atoms. The lowest BCUT2D eigenvalue weighted by Gasteiger charge is -2.15. The Bertz CT molecular complexity index is 263. The highest BCUT2D eigenvalue weighted by Gasteiger charge is 2.24. The number of ether oxygens (including phenoxy) is 1. The third-order valence-corrected chi connectivity index (χ3v) is 2.36. The van der Waals surface area contributed by atoms with Crippen molar-refractivity contribution in [3.8, 4) is 5.88 Å². The van der Waals surface area contributed by atoms with Gasteiger partial charge in [-0.1, -0.05) is 13.0 Å². The van der Waals surface area contributed by atoms with Crippen LogP contribution in [0.4, 0.5) is 0 Å². The van der Waals surface area contributed by atoms with E-state index in [0.717, 1.165) is 19.0 Å². The third-order valence-electron chi connectivity index (χ3n) is 2.36. The molecular weight excluding hydrogens is 164 g/mol. The molecule has 3 heteroatoms. The monoisotopic (exact) mass is 178 g/mol. The largest absolute Gasteiger partial charge is 0.473 e.